The van der Waals surface area contributed by atoms with E-state index in [0.29, 0.717) is 11.0 Å². The Labute approximate surface area is 202 Å². The van der Waals surface area contributed by atoms with Gasteiger partial charge in [-0.3, -0.25) is 9.59 Å². The number of hydrogen-bond acceptors (Lipinski definition) is 5. The van der Waals surface area contributed by atoms with Crippen LogP contribution in [0.3, 0.4) is 0 Å². The maximum atomic E-state index is 13.4. The summed E-state index contributed by atoms with van der Waals surface area (Å²) >= 11 is 1.24. The van der Waals surface area contributed by atoms with Gasteiger partial charge in [-0.05, 0) is 49.6 Å². The Morgan fingerprint density at radius 3 is 2.41 bits per heavy atom. The van der Waals surface area contributed by atoms with E-state index >= 15 is 0 Å². The number of nitrogens with zero attached hydrogens (tertiary/aromatic N) is 3. The average molecular weight is 469 g/mol. The van der Waals surface area contributed by atoms with Crippen molar-refractivity contribution in [3.63, 3.8) is 0 Å². The summed E-state index contributed by atoms with van der Waals surface area (Å²) in [5.41, 5.74) is 6.42. The molecular weight excluding hydrogens is 444 g/mol. The molecule has 0 aliphatic carbocycles. The monoisotopic (exact) mass is 468 g/mol. The van der Waals surface area contributed by atoms with Crippen LogP contribution < -0.4 is 5.32 Å². The molecule has 6 nitrogen and oxygen atoms in total. The van der Waals surface area contributed by atoms with Crippen LogP contribution in [0.2, 0.25) is 0 Å². The summed E-state index contributed by atoms with van der Waals surface area (Å²) < 4.78 is 0. The highest BCUT2D eigenvalue weighted by Crippen LogP contribution is 2.37. The standard InChI is InChI=1S/C27H24N4O2S/c1-16-13-17(2)23(18(3)14-16)29-22(32)15-34-27-28-21-12-8-7-11-20(21)25-30-24(26(33)31(25)27)19-9-5-4-6-10-19/h4-14,24H,15H2,1-3H3,(H,29,32). The number of hydrogen-bond donors (Lipinski definition) is 1. The molecule has 2 aliphatic rings. The van der Waals surface area contributed by atoms with Crippen LogP contribution in [0.5, 0.6) is 0 Å². The summed E-state index contributed by atoms with van der Waals surface area (Å²) in [5, 5.41) is 3.49. The second-order valence-corrected chi connectivity index (χ2v) is 9.40. The number of carbonyl (C=O) groups excluding carboxylic acids is 2. The largest absolute Gasteiger partial charge is 0.325 e. The normalized spacial score (nSPS) is 16.5. The summed E-state index contributed by atoms with van der Waals surface area (Å²) in [6, 6.07) is 20.6. The molecule has 5 rings (SSSR count). The fraction of sp³-hybridized carbons (Fsp3) is 0.185. The van der Waals surface area contributed by atoms with Crippen molar-refractivity contribution in [1.82, 2.24) is 4.90 Å². The Balaban J connectivity index is 1.40. The first kappa shape index (κ1) is 22.1. The predicted molar refractivity (Wildman–Crippen MR) is 138 cm³/mol. The number of amidine groups is 2. The van der Waals surface area contributed by atoms with Crippen molar-refractivity contribution in [2.45, 2.75) is 26.8 Å². The summed E-state index contributed by atoms with van der Waals surface area (Å²) in [6.07, 6.45) is 0. The number of amides is 2. The number of aryl methyl sites for hydroxylation is 3. The zero-order valence-corrected chi connectivity index (χ0v) is 20.0. The van der Waals surface area contributed by atoms with Crippen molar-refractivity contribution in [3.05, 3.63) is 94.5 Å². The van der Waals surface area contributed by atoms with Gasteiger partial charge in [0.15, 0.2) is 11.2 Å². The van der Waals surface area contributed by atoms with E-state index in [1.165, 1.54) is 11.8 Å². The van der Waals surface area contributed by atoms with Gasteiger partial charge in [0.05, 0.1) is 11.4 Å². The molecule has 2 aliphatic heterocycles. The topological polar surface area (TPSA) is 74.1 Å². The van der Waals surface area contributed by atoms with Gasteiger partial charge in [0.2, 0.25) is 5.91 Å². The van der Waals surface area contributed by atoms with Crippen LogP contribution in [0.15, 0.2) is 76.7 Å². The third kappa shape index (κ3) is 4.03. The predicted octanol–water partition coefficient (Wildman–Crippen LogP) is 5.31. The third-order valence-corrected chi connectivity index (χ3v) is 6.80. The molecule has 0 saturated heterocycles. The first-order chi connectivity index (χ1) is 16.4. The van der Waals surface area contributed by atoms with Crippen LogP contribution in [0.1, 0.15) is 33.9 Å². The third-order valence-electron chi connectivity index (χ3n) is 5.86. The van der Waals surface area contributed by atoms with Crippen molar-refractivity contribution in [2.24, 2.45) is 9.98 Å². The van der Waals surface area contributed by atoms with E-state index in [1.54, 1.807) is 4.90 Å². The van der Waals surface area contributed by atoms with Crippen molar-refractivity contribution >= 4 is 46.0 Å². The molecule has 0 aromatic heterocycles. The van der Waals surface area contributed by atoms with Crippen molar-refractivity contribution in [1.29, 1.82) is 0 Å². The van der Waals surface area contributed by atoms with Crippen molar-refractivity contribution in [2.75, 3.05) is 11.1 Å². The maximum Gasteiger partial charge on any atom is 0.263 e. The molecule has 0 bridgehead atoms. The van der Waals surface area contributed by atoms with Gasteiger partial charge in [-0.1, -0.05) is 71.9 Å². The first-order valence-corrected chi connectivity index (χ1v) is 12.1. The van der Waals surface area contributed by atoms with Gasteiger partial charge in [-0.15, -0.1) is 0 Å². The SMILES string of the molecule is Cc1cc(C)c(NC(=O)CSC2=Nc3ccccc3C3=NC(c4ccccc4)C(=O)N23)c(C)c1. The molecule has 0 fully saturated rings. The van der Waals surface area contributed by atoms with E-state index in [0.717, 1.165) is 39.2 Å². The molecular formula is C27H24N4O2S. The molecule has 2 amide bonds. The second kappa shape index (κ2) is 8.91. The van der Waals surface area contributed by atoms with Crippen LogP contribution in [0, 0.1) is 20.8 Å². The molecule has 3 aromatic carbocycles. The van der Waals surface area contributed by atoms with Crippen LogP contribution in [0.4, 0.5) is 11.4 Å². The Morgan fingerprint density at radius 1 is 1.00 bits per heavy atom. The number of para-hydroxylation sites is 1. The number of anilines is 1. The molecule has 0 radical (unpaired) electrons. The minimum atomic E-state index is -0.625. The molecule has 0 spiro atoms. The van der Waals surface area contributed by atoms with Gasteiger partial charge in [0, 0.05) is 11.3 Å². The zero-order valence-electron chi connectivity index (χ0n) is 19.2. The number of thioether (sulfide) groups is 1. The van der Waals surface area contributed by atoms with E-state index < -0.39 is 6.04 Å². The van der Waals surface area contributed by atoms with Crippen LogP contribution in [0.25, 0.3) is 0 Å². The Hall–Kier alpha value is -3.71. The van der Waals surface area contributed by atoms with Gasteiger partial charge in [0.1, 0.15) is 5.84 Å². The minimum Gasteiger partial charge on any atom is -0.325 e. The fourth-order valence-corrected chi connectivity index (χ4v) is 5.18. The minimum absolute atomic E-state index is 0.126. The number of aliphatic imine (C=N–C) groups is 2. The maximum absolute atomic E-state index is 13.4. The lowest BCUT2D eigenvalue weighted by Gasteiger charge is -2.25. The lowest BCUT2D eigenvalue weighted by atomic mass is 10.1. The summed E-state index contributed by atoms with van der Waals surface area (Å²) in [5.74, 6) is 0.400. The van der Waals surface area contributed by atoms with Gasteiger partial charge in [-0.25, -0.2) is 14.9 Å². The molecule has 1 atom stereocenters. The number of fused-ring (bicyclic) bond motifs is 3. The molecule has 34 heavy (non-hydrogen) atoms. The van der Waals surface area contributed by atoms with E-state index in [1.807, 2.05) is 87.5 Å². The molecule has 1 unspecified atom stereocenters. The van der Waals surface area contributed by atoms with Crippen LogP contribution in [-0.2, 0) is 9.59 Å². The molecule has 1 N–H and O–H groups in total. The highest BCUT2D eigenvalue weighted by atomic mass is 32.2. The number of carbonyl (C=O) groups is 2. The van der Waals surface area contributed by atoms with E-state index in [9.17, 15) is 9.59 Å². The fourth-order valence-electron chi connectivity index (χ4n) is 4.38. The van der Waals surface area contributed by atoms with Crippen molar-refractivity contribution < 1.29 is 9.59 Å². The lowest BCUT2D eigenvalue weighted by Crippen LogP contribution is -2.40. The van der Waals surface area contributed by atoms with Crippen LogP contribution >= 0.6 is 11.8 Å². The van der Waals surface area contributed by atoms with Gasteiger partial charge in [-0.2, -0.15) is 0 Å². The number of rotatable bonds is 4. The molecule has 0 saturated carbocycles. The molecule has 2 heterocycles. The molecule has 7 heteroatoms. The Morgan fingerprint density at radius 2 is 1.68 bits per heavy atom. The highest BCUT2D eigenvalue weighted by molar-refractivity contribution is 8.14. The van der Waals surface area contributed by atoms with Gasteiger partial charge >= 0.3 is 0 Å². The second-order valence-electron chi connectivity index (χ2n) is 8.46. The summed E-state index contributed by atoms with van der Waals surface area (Å²) in [4.78, 5) is 37.3. The van der Waals surface area contributed by atoms with E-state index in [2.05, 4.69) is 5.32 Å². The number of nitrogens with one attached hydrogen (secondary N) is 1. The average Bonchev–Trinajstić information content (AvgIpc) is 3.18. The van der Waals surface area contributed by atoms with Crippen molar-refractivity contribution in [3.8, 4) is 0 Å². The van der Waals surface area contributed by atoms with E-state index in [4.69, 9.17) is 9.98 Å². The summed E-state index contributed by atoms with van der Waals surface area (Å²) in [7, 11) is 0. The highest BCUT2D eigenvalue weighted by Gasteiger charge is 2.42. The molecule has 3 aromatic rings. The van der Waals surface area contributed by atoms with Gasteiger partial charge in [0.25, 0.3) is 5.91 Å². The first-order valence-electron chi connectivity index (χ1n) is 11.1. The number of benzene rings is 3. The summed E-state index contributed by atoms with van der Waals surface area (Å²) in [6.45, 7) is 6.01. The Bertz CT molecular complexity index is 1340. The Kier molecular flexibility index (Phi) is 5.79. The quantitative estimate of drug-likeness (QED) is 0.564. The van der Waals surface area contributed by atoms with E-state index in [-0.39, 0.29) is 17.6 Å². The van der Waals surface area contributed by atoms with Gasteiger partial charge < -0.3 is 5.32 Å². The lowest BCUT2D eigenvalue weighted by molar-refractivity contribution is -0.124. The smallest absolute Gasteiger partial charge is 0.263 e. The van der Waals surface area contributed by atoms with Crippen LogP contribution in [-0.4, -0.2) is 33.5 Å². The zero-order chi connectivity index (χ0) is 23.8. The molecule has 170 valence electrons.